The van der Waals surface area contributed by atoms with Crippen molar-refractivity contribution in [2.45, 2.75) is 6.92 Å². The number of nitrogens with zero attached hydrogens (tertiary/aromatic N) is 2. The number of aromatic nitrogens is 3. The number of rotatable bonds is 1. The molecule has 3 heteroatoms. The summed E-state index contributed by atoms with van der Waals surface area (Å²) in [6, 6.07) is 8.43. The molecule has 2 aromatic heterocycles. The Bertz CT molecular complexity index is 633. The largest absolute Gasteiger partial charge is 0.347 e. The van der Waals surface area contributed by atoms with E-state index in [9.17, 15) is 0 Å². The summed E-state index contributed by atoms with van der Waals surface area (Å²) in [5.74, 6) is 0. The van der Waals surface area contributed by atoms with Crippen LogP contribution < -0.4 is 0 Å². The fraction of sp³-hybridized carbons (Fsp3) is 0.154. The lowest BCUT2D eigenvalue weighted by Crippen LogP contribution is -1.90. The third-order valence-electron chi connectivity index (χ3n) is 3.17. The fourth-order valence-corrected chi connectivity index (χ4v) is 2.25. The van der Waals surface area contributed by atoms with E-state index in [1.807, 2.05) is 6.20 Å². The van der Waals surface area contributed by atoms with E-state index < -0.39 is 0 Å². The minimum absolute atomic E-state index is 1.08. The van der Waals surface area contributed by atoms with Crippen LogP contribution in [0.25, 0.3) is 22.2 Å². The summed E-state index contributed by atoms with van der Waals surface area (Å²) in [5, 5.41) is 1.27. The van der Waals surface area contributed by atoms with E-state index in [1.165, 1.54) is 22.2 Å². The first kappa shape index (κ1) is 9.21. The van der Waals surface area contributed by atoms with E-state index >= 15 is 0 Å². The van der Waals surface area contributed by atoms with Gasteiger partial charge in [-0.25, -0.2) is 4.98 Å². The number of imidazole rings is 1. The van der Waals surface area contributed by atoms with Gasteiger partial charge in [0, 0.05) is 29.2 Å². The molecule has 16 heavy (non-hydrogen) atoms. The normalized spacial score (nSPS) is 11.1. The smallest absolute Gasteiger partial charge is 0.0924 e. The lowest BCUT2D eigenvalue weighted by Gasteiger charge is -1.99. The Balaban J connectivity index is 2.44. The quantitative estimate of drug-likeness (QED) is 0.659. The van der Waals surface area contributed by atoms with Crippen LogP contribution in [0.4, 0.5) is 0 Å². The van der Waals surface area contributed by atoms with Crippen LogP contribution in [0, 0.1) is 6.92 Å². The van der Waals surface area contributed by atoms with Crippen LogP contribution >= 0.6 is 0 Å². The Hall–Kier alpha value is -2.03. The van der Waals surface area contributed by atoms with E-state index in [2.05, 4.69) is 52.8 Å². The fourth-order valence-electron chi connectivity index (χ4n) is 2.25. The van der Waals surface area contributed by atoms with Gasteiger partial charge in [0.25, 0.3) is 0 Å². The number of benzene rings is 1. The molecule has 0 atom stereocenters. The Labute approximate surface area is 93.7 Å². The van der Waals surface area contributed by atoms with Crippen molar-refractivity contribution in [3.63, 3.8) is 0 Å². The van der Waals surface area contributed by atoms with E-state index in [0.717, 1.165) is 5.69 Å². The zero-order chi connectivity index (χ0) is 11.1. The summed E-state index contributed by atoms with van der Waals surface area (Å²) in [6.45, 7) is 2.14. The van der Waals surface area contributed by atoms with Crippen molar-refractivity contribution in [2.75, 3.05) is 0 Å². The van der Waals surface area contributed by atoms with Crippen molar-refractivity contribution in [1.29, 1.82) is 0 Å². The molecule has 2 heterocycles. The molecule has 0 aliphatic carbocycles. The summed E-state index contributed by atoms with van der Waals surface area (Å²) in [4.78, 5) is 7.27. The summed E-state index contributed by atoms with van der Waals surface area (Å²) >= 11 is 0. The number of para-hydroxylation sites is 1. The van der Waals surface area contributed by atoms with Crippen LogP contribution in [-0.2, 0) is 7.05 Å². The van der Waals surface area contributed by atoms with Gasteiger partial charge in [-0.05, 0) is 13.0 Å². The van der Waals surface area contributed by atoms with Crippen molar-refractivity contribution in [1.82, 2.24) is 14.5 Å². The van der Waals surface area contributed by atoms with Crippen molar-refractivity contribution in [3.8, 4) is 11.3 Å². The van der Waals surface area contributed by atoms with Gasteiger partial charge < -0.3 is 9.55 Å². The molecule has 0 radical (unpaired) electrons. The number of aromatic amines is 1. The number of hydrogen-bond acceptors (Lipinski definition) is 1. The van der Waals surface area contributed by atoms with Gasteiger partial charge in [-0.3, -0.25) is 0 Å². The van der Waals surface area contributed by atoms with Crippen molar-refractivity contribution < 1.29 is 0 Å². The van der Waals surface area contributed by atoms with Crippen LogP contribution in [-0.4, -0.2) is 14.5 Å². The molecular formula is C13H13N3. The van der Waals surface area contributed by atoms with E-state index in [-0.39, 0.29) is 0 Å². The van der Waals surface area contributed by atoms with Crippen LogP contribution in [0.3, 0.4) is 0 Å². The molecule has 0 amide bonds. The van der Waals surface area contributed by atoms with Gasteiger partial charge >= 0.3 is 0 Å². The van der Waals surface area contributed by atoms with E-state index in [1.54, 1.807) is 6.33 Å². The molecule has 0 bridgehead atoms. The maximum atomic E-state index is 4.09. The molecule has 3 rings (SSSR count). The summed E-state index contributed by atoms with van der Waals surface area (Å²) < 4.78 is 2.21. The van der Waals surface area contributed by atoms with Crippen LogP contribution in [0.1, 0.15) is 5.69 Å². The predicted octanol–water partition coefficient (Wildman–Crippen LogP) is 2.88. The number of H-pyrrole nitrogens is 1. The summed E-state index contributed by atoms with van der Waals surface area (Å²) in [6.07, 6.45) is 3.59. The molecule has 0 spiro atoms. The first-order chi connectivity index (χ1) is 7.79. The van der Waals surface area contributed by atoms with Crippen molar-refractivity contribution in [2.24, 2.45) is 7.05 Å². The van der Waals surface area contributed by atoms with Crippen molar-refractivity contribution in [3.05, 3.63) is 42.5 Å². The zero-order valence-corrected chi connectivity index (χ0v) is 9.36. The Morgan fingerprint density at radius 3 is 2.81 bits per heavy atom. The highest BCUT2D eigenvalue weighted by atomic mass is 15.0. The lowest BCUT2D eigenvalue weighted by atomic mass is 10.1. The number of nitrogens with one attached hydrogen (secondary N) is 1. The first-order valence-corrected chi connectivity index (χ1v) is 5.32. The minimum Gasteiger partial charge on any atom is -0.347 e. The molecule has 0 aliphatic heterocycles. The highest BCUT2D eigenvalue weighted by Crippen LogP contribution is 2.32. The second-order valence-corrected chi connectivity index (χ2v) is 4.00. The van der Waals surface area contributed by atoms with Gasteiger partial charge in [0.05, 0.1) is 18.2 Å². The third kappa shape index (κ3) is 1.11. The van der Waals surface area contributed by atoms with Crippen LogP contribution in [0.5, 0.6) is 0 Å². The molecule has 3 aromatic rings. The SMILES string of the molecule is Cc1c(-c2cnc[nH]2)c2ccccc2n1C. The zero-order valence-electron chi connectivity index (χ0n) is 9.36. The standard InChI is InChI=1S/C13H13N3/c1-9-13(11-7-14-8-15-11)10-5-3-4-6-12(10)16(9)2/h3-8H,1-2H3,(H,14,15). The molecule has 3 nitrogen and oxygen atoms in total. The van der Waals surface area contributed by atoms with Gasteiger partial charge in [-0.1, -0.05) is 18.2 Å². The number of fused-ring (bicyclic) bond motifs is 1. The van der Waals surface area contributed by atoms with Crippen LogP contribution in [0.15, 0.2) is 36.8 Å². The highest BCUT2D eigenvalue weighted by Gasteiger charge is 2.13. The molecule has 0 aliphatic rings. The van der Waals surface area contributed by atoms with E-state index in [4.69, 9.17) is 0 Å². The summed E-state index contributed by atoms with van der Waals surface area (Å²) in [7, 11) is 2.09. The molecule has 1 aromatic carbocycles. The second-order valence-electron chi connectivity index (χ2n) is 4.00. The highest BCUT2D eigenvalue weighted by molar-refractivity contribution is 5.96. The average Bonchev–Trinajstić information content (AvgIpc) is 2.89. The Morgan fingerprint density at radius 1 is 1.25 bits per heavy atom. The van der Waals surface area contributed by atoms with Gasteiger partial charge in [-0.2, -0.15) is 0 Å². The number of hydrogen-bond donors (Lipinski definition) is 1. The molecular weight excluding hydrogens is 198 g/mol. The molecule has 0 saturated heterocycles. The second kappa shape index (κ2) is 3.23. The monoisotopic (exact) mass is 211 g/mol. The molecule has 0 fully saturated rings. The molecule has 80 valence electrons. The molecule has 0 saturated carbocycles. The van der Waals surface area contributed by atoms with Gasteiger partial charge in [0.15, 0.2) is 0 Å². The van der Waals surface area contributed by atoms with Gasteiger partial charge in [0.1, 0.15) is 0 Å². The maximum absolute atomic E-state index is 4.09. The van der Waals surface area contributed by atoms with Gasteiger partial charge in [0.2, 0.25) is 0 Å². The van der Waals surface area contributed by atoms with Crippen LogP contribution in [0.2, 0.25) is 0 Å². The molecule has 1 N–H and O–H groups in total. The Kier molecular flexibility index (Phi) is 1.86. The Morgan fingerprint density at radius 2 is 2.06 bits per heavy atom. The predicted molar refractivity (Wildman–Crippen MR) is 65.2 cm³/mol. The van der Waals surface area contributed by atoms with Gasteiger partial charge in [-0.15, -0.1) is 0 Å². The van der Waals surface area contributed by atoms with Crippen molar-refractivity contribution >= 4 is 10.9 Å². The number of aryl methyl sites for hydroxylation is 1. The third-order valence-corrected chi connectivity index (χ3v) is 3.17. The minimum atomic E-state index is 1.08. The first-order valence-electron chi connectivity index (χ1n) is 5.32. The average molecular weight is 211 g/mol. The topological polar surface area (TPSA) is 33.6 Å². The lowest BCUT2D eigenvalue weighted by molar-refractivity contribution is 0.919. The van der Waals surface area contributed by atoms with E-state index in [0.29, 0.717) is 0 Å². The molecule has 0 unspecified atom stereocenters. The summed E-state index contributed by atoms with van der Waals surface area (Å²) in [5.41, 5.74) is 4.83. The maximum Gasteiger partial charge on any atom is 0.0924 e.